The molecule has 0 saturated heterocycles. The SMILES string of the molecule is Cc1cc(C)cc(N(C(C)C(=O)Nc2ccc3c(c2)oc2ccccc23)S(C)(=O)=O)c1. The van der Waals surface area contributed by atoms with Gasteiger partial charge in [0.25, 0.3) is 0 Å². The van der Waals surface area contributed by atoms with E-state index in [1.165, 1.54) is 0 Å². The van der Waals surface area contributed by atoms with Crippen molar-refractivity contribution >= 4 is 49.2 Å². The van der Waals surface area contributed by atoms with E-state index in [4.69, 9.17) is 4.42 Å². The smallest absolute Gasteiger partial charge is 0.247 e. The second-order valence-corrected chi connectivity index (χ2v) is 9.74. The normalized spacial score (nSPS) is 12.8. The van der Waals surface area contributed by atoms with Gasteiger partial charge >= 0.3 is 0 Å². The lowest BCUT2D eigenvalue weighted by atomic mass is 10.1. The molecule has 0 spiro atoms. The molecule has 0 fully saturated rings. The van der Waals surface area contributed by atoms with E-state index in [1.54, 1.807) is 31.2 Å². The van der Waals surface area contributed by atoms with E-state index in [0.29, 0.717) is 17.0 Å². The zero-order valence-electron chi connectivity index (χ0n) is 17.8. The Bertz CT molecular complexity index is 1390. The number of rotatable bonds is 5. The van der Waals surface area contributed by atoms with Gasteiger partial charge in [-0.25, -0.2) is 8.42 Å². The maximum atomic E-state index is 13.0. The van der Waals surface area contributed by atoms with Crippen molar-refractivity contribution in [3.05, 3.63) is 71.8 Å². The summed E-state index contributed by atoms with van der Waals surface area (Å²) in [7, 11) is -3.69. The Kier molecular flexibility index (Phi) is 5.23. The minimum Gasteiger partial charge on any atom is -0.456 e. The summed E-state index contributed by atoms with van der Waals surface area (Å²) in [4.78, 5) is 13.0. The fourth-order valence-electron chi connectivity index (χ4n) is 3.94. The van der Waals surface area contributed by atoms with Gasteiger partial charge in [0.05, 0.1) is 11.9 Å². The number of para-hydroxylation sites is 1. The van der Waals surface area contributed by atoms with Crippen LogP contribution < -0.4 is 9.62 Å². The van der Waals surface area contributed by atoms with E-state index >= 15 is 0 Å². The third-order valence-corrected chi connectivity index (χ3v) is 6.44. The number of benzene rings is 3. The van der Waals surface area contributed by atoms with Gasteiger partial charge in [-0.1, -0.05) is 24.3 Å². The van der Waals surface area contributed by atoms with Crippen LogP contribution in [0.1, 0.15) is 18.1 Å². The summed E-state index contributed by atoms with van der Waals surface area (Å²) < 4.78 is 32.1. The molecular formula is C24H24N2O4S. The number of fused-ring (bicyclic) bond motifs is 3. The molecular weight excluding hydrogens is 412 g/mol. The van der Waals surface area contributed by atoms with Crippen molar-refractivity contribution in [3.8, 4) is 0 Å². The predicted molar refractivity (Wildman–Crippen MR) is 125 cm³/mol. The summed E-state index contributed by atoms with van der Waals surface area (Å²) in [6.07, 6.45) is 1.11. The van der Waals surface area contributed by atoms with E-state index < -0.39 is 22.0 Å². The van der Waals surface area contributed by atoms with Crippen LogP contribution in [0.2, 0.25) is 0 Å². The zero-order chi connectivity index (χ0) is 22.3. The Labute approximate surface area is 181 Å². The number of amides is 1. The van der Waals surface area contributed by atoms with E-state index in [1.807, 2.05) is 50.2 Å². The molecule has 31 heavy (non-hydrogen) atoms. The summed E-state index contributed by atoms with van der Waals surface area (Å²) in [5.74, 6) is -0.431. The molecule has 4 rings (SSSR count). The topological polar surface area (TPSA) is 79.6 Å². The molecule has 0 bridgehead atoms. The Morgan fingerprint density at radius 1 is 0.935 bits per heavy atom. The lowest BCUT2D eigenvalue weighted by molar-refractivity contribution is -0.116. The minimum atomic E-state index is -3.69. The van der Waals surface area contributed by atoms with Crippen LogP contribution in [0, 0.1) is 13.8 Å². The number of carbonyl (C=O) groups excluding carboxylic acids is 1. The molecule has 0 aliphatic rings. The number of furan rings is 1. The molecule has 6 nitrogen and oxygen atoms in total. The van der Waals surface area contributed by atoms with Crippen molar-refractivity contribution in [2.45, 2.75) is 26.8 Å². The van der Waals surface area contributed by atoms with Crippen LogP contribution >= 0.6 is 0 Å². The number of hydrogen-bond acceptors (Lipinski definition) is 4. The Morgan fingerprint density at radius 2 is 1.58 bits per heavy atom. The maximum absolute atomic E-state index is 13.0. The van der Waals surface area contributed by atoms with Crippen LogP contribution in [-0.2, 0) is 14.8 Å². The first-order valence-electron chi connectivity index (χ1n) is 9.93. The van der Waals surface area contributed by atoms with Crippen molar-refractivity contribution in [3.63, 3.8) is 0 Å². The molecule has 1 atom stereocenters. The number of sulfonamides is 1. The van der Waals surface area contributed by atoms with Crippen LogP contribution in [0.25, 0.3) is 21.9 Å². The maximum Gasteiger partial charge on any atom is 0.247 e. The van der Waals surface area contributed by atoms with Gasteiger partial charge in [0.15, 0.2) is 0 Å². The van der Waals surface area contributed by atoms with E-state index in [9.17, 15) is 13.2 Å². The van der Waals surface area contributed by atoms with Gasteiger partial charge in [0.2, 0.25) is 15.9 Å². The number of nitrogens with zero attached hydrogens (tertiary/aromatic N) is 1. The molecule has 0 aliphatic heterocycles. The molecule has 1 aromatic heterocycles. The number of nitrogens with one attached hydrogen (secondary N) is 1. The molecule has 1 unspecified atom stereocenters. The number of aryl methyl sites for hydroxylation is 2. The van der Waals surface area contributed by atoms with Crippen molar-refractivity contribution in [1.82, 2.24) is 0 Å². The minimum absolute atomic E-state index is 0.431. The average molecular weight is 437 g/mol. The van der Waals surface area contributed by atoms with E-state index in [-0.39, 0.29) is 0 Å². The molecule has 1 amide bonds. The number of hydrogen-bond donors (Lipinski definition) is 1. The van der Waals surface area contributed by atoms with Crippen molar-refractivity contribution < 1.29 is 17.6 Å². The molecule has 7 heteroatoms. The van der Waals surface area contributed by atoms with Gasteiger partial charge in [-0.3, -0.25) is 9.10 Å². The molecule has 1 N–H and O–H groups in total. The van der Waals surface area contributed by atoms with Crippen LogP contribution in [0.5, 0.6) is 0 Å². The van der Waals surface area contributed by atoms with Crippen molar-refractivity contribution in [2.24, 2.45) is 0 Å². The Morgan fingerprint density at radius 3 is 2.26 bits per heavy atom. The largest absolute Gasteiger partial charge is 0.456 e. The van der Waals surface area contributed by atoms with Gasteiger partial charge < -0.3 is 9.73 Å². The summed E-state index contributed by atoms with van der Waals surface area (Å²) in [5, 5.41) is 4.78. The highest BCUT2D eigenvalue weighted by molar-refractivity contribution is 7.92. The van der Waals surface area contributed by atoms with Gasteiger partial charge in [0.1, 0.15) is 17.2 Å². The standard InChI is InChI=1S/C24H24N2O4S/c1-15-11-16(2)13-19(12-15)26(31(4,28)29)17(3)24(27)25-18-9-10-21-20-7-5-6-8-22(20)30-23(21)14-18/h5-14,17H,1-4H3,(H,25,27). The van der Waals surface area contributed by atoms with E-state index in [2.05, 4.69) is 5.32 Å². The lowest BCUT2D eigenvalue weighted by Gasteiger charge is -2.28. The number of anilines is 2. The highest BCUT2D eigenvalue weighted by atomic mass is 32.2. The van der Waals surface area contributed by atoms with Gasteiger partial charge in [0, 0.05) is 22.5 Å². The molecule has 0 aliphatic carbocycles. The summed E-state index contributed by atoms with van der Waals surface area (Å²) in [6, 6.07) is 17.7. The van der Waals surface area contributed by atoms with Crippen LogP contribution in [0.3, 0.4) is 0 Å². The molecule has 160 valence electrons. The third-order valence-electron chi connectivity index (χ3n) is 5.20. The van der Waals surface area contributed by atoms with Crippen molar-refractivity contribution in [1.29, 1.82) is 0 Å². The summed E-state index contributed by atoms with van der Waals surface area (Å²) in [6.45, 7) is 5.36. The number of carbonyl (C=O) groups is 1. The molecule has 4 aromatic rings. The monoisotopic (exact) mass is 436 g/mol. The molecule has 0 radical (unpaired) electrons. The lowest BCUT2D eigenvalue weighted by Crippen LogP contribution is -2.45. The first-order valence-corrected chi connectivity index (χ1v) is 11.8. The summed E-state index contributed by atoms with van der Waals surface area (Å²) in [5.41, 5.74) is 4.28. The van der Waals surface area contributed by atoms with Gasteiger partial charge in [-0.2, -0.15) is 0 Å². The van der Waals surface area contributed by atoms with Gasteiger partial charge in [-0.15, -0.1) is 0 Å². The fourth-order valence-corrected chi connectivity index (χ4v) is 5.10. The average Bonchev–Trinajstić information content (AvgIpc) is 3.03. The van der Waals surface area contributed by atoms with Gasteiger partial charge in [-0.05, 0) is 62.2 Å². The zero-order valence-corrected chi connectivity index (χ0v) is 18.7. The van der Waals surface area contributed by atoms with Crippen LogP contribution in [-0.4, -0.2) is 26.6 Å². The Balaban J connectivity index is 1.65. The second kappa shape index (κ2) is 7.74. The molecule has 1 heterocycles. The third kappa shape index (κ3) is 4.14. The van der Waals surface area contributed by atoms with Crippen LogP contribution in [0.4, 0.5) is 11.4 Å². The highest BCUT2D eigenvalue weighted by Gasteiger charge is 2.29. The van der Waals surface area contributed by atoms with Crippen molar-refractivity contribution in [2.75, 3.05) is 15.9 Å². The summed E-state index contributed by atoms with van der Waals surface area (Å²) >= 11 is 0. The Hall–Kier alpha value is -3.32. The van der Waals surface area contributed by atoms with E-state index in [0.717, 1.165) is 38.0 Å². The fraction of sp³-hybridized carbons (Fsp3) is 0.208. The first-order chi connectivity index (χ1) is 14.6. The second-order valence-electron chi connectivity index (χ2n) is 7.88. The molecule has 3 aromatic carbocycles. The highest BCUT2D eigenvalue weighted by Crippen LogP contribution is 2.31. The first kappa shape index (κ1) is 20.9. The molecule has 0 saturated carbocycles. The van der Waals surface area contributed by atoms with Crippen LogP contribution in [0.15, 0.2) is 65.1 Å². The predicted octanol–water partition coefficient (Wildman–Crippen LogP) is 5.00. The quantitative estimate of drug-likeness (QED) is 0.478.